The van der Waals surface area contributed by atoms with Crippen LogP contribution in [0.4, 0.5) is 0 Å². The van der Waals surface area contributed by atoms with Gasteiger partial charge in [0, 0.05) is 15.8 Å². The fourth-order valence-electron chi connectivity index (χ4n) is 1.62. The first-order valence-corrected chi connectivity index (χ1v) is 5.51. The molecular weight excluding hydrogens is 200 g/mol. The van der Waals surface area contributed by atoms with Crippen LogP contribution < -0.4 is 0 Å². The quantitative estimate of drug-likeness (QED) is 0.707. The molecule has 2 rings (SSSR count). The van der Waals surface area contributed by atoms with Gasteiger partial charge >= 0.3 is 5.97 Å². The molecular formula is C10H12O3S. The number of carbonyl (C=O) groups is 1. The zero-order chi connectivity index (χ0) is 10.1. The maximum atomic E-state index is 11.5. The van der Waals surface area contributed by atoms with E-state index in [9.17, 15) is 4.79 Å². The molecule has 1 atom stereocenters. The molecule has 0 bridgehead atoms. The van der Waals surface area contributed by atoms with E-state index >= 15 is 0 Å². The summed E-state index contributed by atoms with van der Waals surface area (Å²) in [5.74, 6) is -0.234. The molecule has 1 aromatic heterocycles. The lowest BCUT2D eigenvalue weighted by molar-refractivity contribution is 0.0511. The van der Waals surface area contributed by atoms with Gasteiger partial charge in [0.1, 0.15) is 0 Å². The summed E-state index contributed by atoms with van der Waals surface area (Å²) >= 11 is 1.57. The normalized spacial score (nSPS) is 19.4. The lowest BCUT2D eigenvalue weighted by Crippen LogP contribution is -2.06. The molecule has 3 nitrogen and oxygen atoms in total. The summed E-state index contributed by atoms with van der Waals surface area (Å²) in [5, 5.41) is 1.86. The van der Waals surface area contributed by atoms with Gasteiger partial charge in [-0.3, -0.25) is 0 Å². The van der Waals surface area contributed by atoms with Crippen molar-refractivity contribution in [2.24, 2.45) is 0 Å². The Balaban J connectivity index is 2.31. The van der Waals surface area contributed by atoms with Crippen LogP contribution in [0, 0.1) is 0 Å². The van der Waals surface area contributed by atoms with Crippen LogP contribution in [0.15, 0.2) is 5.38 Å². The molecule has 0 radical (unpaired) electrons. The van der Waals surface area contributed by atoms with E-state index in [1.165, 1.54) is 0 Å². The number of hydrogen-bond acceptors (Lipinski definition) is 4. The molecule has 76 valence electrons. The van der Waals surface area contributed by atoms with Crippen LogP contribution in [-0.4, -0.2) is 12.6 Å². The minimum Gasteiger partial charge on any atom is -0.462 e. The molecule has 0 N–H and O–H groups in total. The average molecular weight is 212 g/mol. The Kier molecular flexibility index (Phi) is 2.56. The largest absolute Gasteiger partial charge is 0.462 e. The van der Waals surface area contributed by atoms with Crippen LogP contribution in [0.2, 0.25) is 0 Å². The van der Waals surface area contributed by atoms with Crippen LogP contribution in [0.25, 0.3) is 0 Å². The molecule has 0 aliphatic carbocycles. The first-order valence-electron chi connectivity index (χ1n) is 4.63. The second-order valence-corrected chi connectivity index (χ2v) is 4.12. The van der Waals surface area contributed by atoms with Crippen molar-refractivity contribution in [1.82, 2.24) is 0 Å². The van der Waals surface area contributed by atoms with E-state index in [1.54, 1.807) is 11.3 Å². The van der Waals surface area contributed by atoms with Crippen molar-refractivity contribution >= 4 is 17.3 Å². The predicted octanol–water partition coefficient (Wildman–Crippen LogP) is 2.52. The van der Waals surface area contributed by atoms with Crippen LogP contribution >= 0.6 is 11.3 Å². The minimum absolute atomic E-state index is 0.0238. The standard InChI is InChI=1S/C10H12O3S/c1-3-12-10(11)7-5-14-8-4-13-6(2)9(7)8/h5-6H,3-4H2,1-2H3. The molecule has 0 fully saturated rings. The van der Waals surface area contributed by atoms with Gasteiger partial charge < -0.3 is 9.47 Å². The molecule has 0 saturated carbocycles. The molecule has 1 aliphatic heterocycles. The monoisotopic (exact) mass is 212 g/mol. The highest BCUT2D eigenvalue weighted by atomic mass is 32.1. The first kappa shape index (κ1) is 9.68. The maximum absolute atomic E-state index is 11.5. The predicted molar refractivity (Wildman–Crippen MR) is 53.5 cm³/mol. The maximum Gasteiger partial charge on any atom is 0.339 e. The Bertz CT molecular complexity index is 356. The summed E-state index contributed by atoms with van der Waals surface area (Å²) in [6.45, 7) is 4.81. The molecule has 1 aromatic rings. The topological polar surface area (TPSA) is 35.5 Å². The second kappa shape index (κ2) is 3.71. The van der Waals surface area contributed by atoms with Gasteiger partial charge in [-0.05, 0) is 13.8 Å². The summed E-state index contributed by atoms with van der Waals surface area (Å²) in [6.07, 6.45) is 0.0238. The molecule has 4 heteroatoms. The van der Waals surface area contributed by atoms with Crippen molar-refractivity contribution in [1.29, 1.82) is 0 Å². The summed E-state index contributed by atoms with van der Waals surface area (Å²) in [4.78, 5) is 12.7. The molecule has 1 unspecified atom stereocenters. The van der Waals surface area contributed by atoms with E-state index in [2.05, 4.69) is 0 Å². The lowest BCUT2D eigenvalue weighted by atomic mass is 10.1. The Morgan fingerprint density at radius 2 is 2.57 bits per heavy atom. The van der Waals surface area contributed by atoms with Gasteiger partial charge in [0.15, 0.2) is 0 Å². The molecule has 0 amide bonds. The summed E-state index contributed by atoms with van der Waals surface area (Å²) in [5.41, 5.74) is 1.70. The first-order chi connectivity index (χ1) is 6.74. The van der Waals surface area contributed by atoms with Gasteiger partial charge in [-0.15, -0.1) is 11.3 Å². The van der Waals surface area contributed by atoms with E-state index in [0.29, 0.717) is 18.8 Å². The van der Waals surface area contributed by atoms with Gasteiger partial charge in [0.05, 0.1) is 24.9 Å². The Morgan fingerprint density at radius 1 is 1.79 bits per heavy atom. The average Bonchev–Trinajstić information content (AvgIpc) is 2.70. The van der Waals surface area contributed by atoms with E-state index in [-0.39, 0.29) is 12.1 Å². The molecule has 0 saturated heterocycles. The SMILES string of the molecule is CCOC(=O)c1csc2c1C(C)OC2. The third-order valence-corrected chi connectivity index (χ3v) is 3.25. The van der Waals surface area contributed by atoms with Crippen molar-refractivity contribution < 1.29 is 14.3 Å². The van der Waals surface area contributed by atoms with Crippen molar-refractivity contribution in [3.63, 3.8) is 0 Å². The van der Waals surface area contributed by atoms with Gasteiger partial charge in [-0.2, -0.15) is 0 Å². The van der Waals surface area contributed by atoms with Crippen LogP contribution in [-0.2, 0) is 16.1 Å². The third-order valence-electron chi connectivity index (χ3n) is 2.28. The van der Waals surface area contributed by atoms with E-state index in [4.69, 9.17) is 9.47 Å². The zero-order valence-corrected chi connectivity index (χ0v) is 9.02. The van der Waals surface area contributed by atoms with Gasteiger partial charge in [-0.1, -0.05) is 0 Å². The summed E-state index contributed by atoms with van der Waals surface area (Å²) in [6, 6.07) is 0. The highest BCUT2D eigenvalue weighted by Gasteiger charge is 2.28. The smallest absolute Gasteiger partial charge is 0.339 e. The zero-order valence-electron chi connectivity index (χ0n) is 8.20. The Labute approximate surface area is 86.6 Å². The molecule has 14 heavy (non-hydrogen) atoms. The molecule has 0 aromatic carbocycles. The second-order valence-electron chi connectivity index (χ2n) is 3.16. The van der Waals surface area contributed by atoms with Gasteiger partial charge in [0.25, 0.3) is 0 Å². The van der Waals surface area contributed by atoms with Crippen LogP contribution in [0.5, 0.6) is 0 Å². The van der Waals surface area contributed by atoms with Crippen molar-refractivity contribution in [2.75, 3.05) is 6.61 Å². The molecule has 0 spiro atoms. The number of fused-ring (bicyclic) bond motifs is 1. The summed E-state index contributed by atoms with van der Waals surface area (Å²) < 4.78 is 10.4. The Hall–Kier alpha value is -0.870. The van der Waals surface area contributed by atoms with E-state index in [0.717, 1.165) is 10.4 Å². The van der Waals surface area contributed by atoms with Gasteiger partial charge in [-0.25, -0.2) is 4.79 Å². The lowest BCUT2D eigenvalue weighted by Gasteiger charge is -2.05. The number of rotatable bonds is 2. The van der Waals surface area contributed by atoms with Crippen LogP contribution in [0.1, 0.15) is 40.8 Å². The van der Waals surface area contributed by atoms with E-state index in [1.807, 2.05) is 19.2 Å². The number of thiophene rings is 1. The number of carbonyl (C=O) groups excluding carboxylic acids is 1. The van der Waals surface area contributed by atoms with E-state index < -0.39 is 0 Å². The van der Waals surface area contributed by atoms with Crippen molar-refractivity contribution in [3.8, 4) is 0 Å². The van der Waals surface area contributed by atoms with Crippen molar-refractivity contribution in [3.05, 3.63) is 21.4 Å². The summed E-state index contributed by atoms with van der Waals surface area (Å²) in [7, 11) is 0. The molecule has 2 heterocycles. The van der Waals surface area contributed by atoms with Crippen molar-refractivity contribution in [2.45, 2.75) is 26.6 Å². The third kappa shape index (κ3) is 1.44. The number of hydrogen-bond donors (Lipinski definition) is 0. The number of esters is 1. The Morgan fingerprint density at radius 3 is 3.29 bits per heavy atom. The fraction of sp³-hybridized carbons (Fsp3) is 0.500. The highest BCUT2D eigenvalue weighted by molar-refractivity contribution is 7.10. The van der Waals surface area contributed by atoms with Gasteiger partial charge in [0.2, 0.25) is 0 Å². The fourth-order valence-corrected chi connectivity index (χ4v) is 2.64. The minimum atomic E-state index is -0.234. The highest BCUT2D eigenvalue weighted by Crippen LogP contribution is 2.37. The number of ether oxygens (including phenoxy) is 2. The van der Waals surface area contributed by atoms with Crippen LogP contribution in [0.3, 0.4) is 0 Å². The molecule has 1 aliphatic rings.